The Morgan fingerprint density at radius 1 is 1.27 bits per heavy atom. The fourth-order valence-electron chi connectivity index (χ4n) is 2.81. The van der Waals surface area contributed by atoms with Gasteiger partial charge in [0.05, 0.1) is 5.69 Å². The van der Waals surface area contributed by atoms with Crippen molar-refractivity contribution in [2.75, 3.05) is 13.1 Å². The normalized spacial score (nSPS) is 17.1. The molecule has 1 aliphatic heterocycles. The predicted molar refractivity (Wildman–Crippen MR) is 86.7 cm³/mol. The molecule has 1 aromatic carbocycles. The minimum Gasteiger partial charge on any atom is -0.352 e. The van der Waals surface area contributed by atoms with Gasteiger partial charge in [-0.2, -0.15) is 18.3 Å². The summed E-state index contributed by atoms with van der Waals surface area (Å²) >= 11 is 0. The third-order valence-corrected chi connectivity index (χ3v) is 4.33. The molecule has 2 amide bonds. The lowest BCUT2D eigenvalue weighted by molar-refractivity contribution is -0.141. The first kappa shape index (κ1) is 18.0. The lowest BCUT2D eigenvalue weighted by Gasteiger charge is -2.41. The van der Waals surface area contributed by atoms with Crippen LogP contribution in [-0.2, 0) is 11.0 Å². The van der Waals surface area contributed by atoms with Crippen LogP contribution in [0.15, 0.2) is 36.5 Å². The van der Waals surface area contributed by atoms with Gasteiger partial charge in [0.2, 0.25) is 5.91 Å². The van der Waals surface area contributed by atoms with E-state index < -0.39 is 17.4 Å². The van der Waals surface area contributed by atoms with Crippen LogP contribution in [0, 0.1) is 0 Å². The highest BCUT2D eigenvalue weighted by atomic mass is 19.4. The van der Waals surface area contributed by atoms with E-state index in [0.29, 0.717) is 18.8 Å². The van der Waals surface area contributed by atoms with E-state index in [2.05, 4.69) is 10.4 Å². The van der Waals surface area contributed by atoms with Crippen molar-refractivity contribution in [1.29, 1.82) is 0 Å². The number of halogens is 3. The average Bonchev–Trinajstić information content (AvgIpc) is 3.07. The molecule has 1 saturated heterocycles. The summed E-state index contributed by atoms with van der Waals surface area (Å²) in [7, 11) is 0. The van der Waals surface area contributed by atoms with Gasteiger partial charge in [0.25, 0.3) is 5.91 Å². The van der Waals surface area contributed by atoms with Crippen LogP contribution in [0.25, 0.3) is 5.69 Å². The number of aromatic nitrogens is 2. The summed E-state index contributed by atoms with van der Waals surface area (Å²) in [6.45, 7) is 3.99. The molecule has 1 aliphatic rings. The highest BCUT2D eigenvalue weighted by Gasteiger charge is 2.40. The standard InChI is InChI=1S/C17H17F3N4O2/c1-16(2)15(26)21-7-9-23(16)14(25)11-4-3-5-12(10-11)24-8-6-13(22-24)17(18,19)20/h3-6,8,10H,7,9H2,1-2H3,(H,21,26). The minimum absolute atomic E-state index is 0.254. The number of hydrogen-bond acceptors (Lipinski definition) is 3. The summed E-state index contributed by atoms with van der Waals surface area (Å²) in [6.07, 6.45) is -3.35. The summed E-state index contributed by atoms with van der Waals surface area (Å²) in [6, 6.07) is 7.00. The number of rotatable bonds is 2. The van der Waals surface area contributed by atoms with E-state index in [-0.39, 0.29) is 17.4 Å². The Kier molecular flexibility index (Phi) is 4.25. The van der Waals surface area contributed by atoms with Crippen molar-refractivity contribution in [3.05, 3.63) is 47.8 Å². The zero-order valence-corrected chi connectivity index (χ0v) is 14.2. The Hall–Kier alpha value is -2.84. The fraction of sp³-hybridized carbons (Fsp3) is 0.353. The zero-order chi connectivity index (χ0) is 19.1. The molecular formula is C17H17F3N4O2. The smallest absolute Gasteiger partial charge is 0.352 e. The summed E-state index contributed by atoms with van der Waals surface area (Å²) in [5.74, 6) is -0.620. The van der Waals surface area contributed by atoms with Gasteiger partial charge in [-0.3, -0.25) is 9.59 Å². The van der Waals surface area contributed by atoms with Crippen molar-refractivity contribution in [2.45, 2.75) is 25.6 Å². The predicted octanol–water partition coefficient (Wildman–Crippen LogP) is 2.24. The molecule has 0 unspecified atom stereocenters. The molecule has 1 aromatic heterocycles. The van der Waals surface area contributed by atoms with Crippen LogP contribution in [0.5, 0.6) is 0 Å². The van der Waals surface area contributed by atoms with Gasteiger partial charge in [-0.15, -0.1) is 0 Å². The van der Waals surface area contributed by atoms with E-state index in [4.69, 9.17) is 0 Å². The summed E-state index contributed by atoms with van der Waals surface area (Å²) in [5.41, 5.74) is -1.43. The molecule has 2 aromatic rings. The number of amides is 2. The van der Waals surface area contributed by atoms with Crippen molar-refractivity contribution in [1.82, 2.24) is 20.0 Å². The van der Waals surface area contributed by atoms with Crippen molar-refractivity contribution < 1.29 is 22.8 Å². The van der Waals surface area contributed by atoms with Gasteiger partial charge in [-0.05, 0) is 38.1 Å². The van der Waals surface area contributed by atoms with Crippen molar-refractivity contribution >= 4 is 11.8 Å². The summed E-state index contributed by atoms with van der Waals surface area (Å²) in [5, 5.41) is 6.22. The van der Waals surface area contributed by atoms with Crippen LogP contribution in [0.1, 0.15) is 29.9 Å². The van der Waals surface area contributed by atoms with E-state index in [9.17, 15) is 22.8 Å². The molecule has 3 rings (SSSR count). The Morgan fingerprint density at radius 3 is 2.65 bits per heavy atom. The molecule has 0 bridgehead atoms. The highest BCUT2D eigenvalue weighted by Crippen LogP contribution is 2.28. The molecule has 0 radical (unpaired) electrons. The average molecular weight is 366 g/mol. The maximum Gasteiger partial charge on any atom is 0.435 e. The SMILES string of the molecule is CC1(C)C(=O)NCCN1C(=O)c1cccc(-n2ccc(C(F)(F)F)n2)c1. The largest absolute Gasteiger partial charge is 0.435 e. The third kappa shape index (κ3) is 3.16. The van der Waals surface area contributed by atoms with Gasteiger partial charge in [0.1, 0.15) is 5.54 Å². The monoisotopic (exact) mass is 366 g/mol. The van der Waals surface area contributed by atoms with Crippen LogP contribution < -0.4 is 5.32 Å². The molecule has 0 saturated carbocycles. The van der Waals surface area contributed by atoms with Gasteiger partial charge in [0, 0.05) is 24.8 Å². The second kappa shape index (κ2) is 6.15. The molecule has 6 nitrogen and oxygen atoms in total. The Balaban J connectivity index is 1.91. The number of nitrogens with one attached hydrogen (secondary N) is 1. The number of piperazine rings is 1. The molecular weight excluding hydrogens is 349 g/mol. The second-order valence-corrected chi connectivity index (χ2v) is 6.47. The Labute approximate surface area is 147 Å². The Bertz CT molecular complexity index is 858. The first-order valence-corrected chi connectivity index (χ1v) is 7.94. The molecule has 0 aliphatic carbocycles. The van der Waals surface area contributed by atoms with E-state index in [0.717, 1.165) is 10.7 Å². The van der Waals surface area contributed by atoms with Crippen LogP contribution in [-0.4, -0.2) is 45.1 Å². The number of alkyl halides is 3. The van der Waals surface area contributed by atoms with Crippen molar-refractivity contribution in [2.24, 2.45) is 0 Å². The quantitative estimate of drug-likeness (QED) is 0.887. The minimum atomic E-state index is -4.54. The first-order chi connectivity index (χ1) is 12.1. The highest BCUT2D eigenvalue weighted by molar-refractivity contribution is 6.00. The van der Waals surface area contributed by atoms with Gasteiger partial charge >= 0.3 is 6.18 Å². The van der Waals surface area contributed by atoms with Crippen LogP contribution >= 0.6 is 0 Å². The zero-order valence-electron chi connectivity index (χ0n) is 14.2. The number of carbonyl (C=O) groups is 2. The fourth-order valence-corrected chi connectivity index (χ4v) is 2.81. The first-order valence-electron chi connectivity index (χ1n) is 7.94. The number of carbonyl (C=O) groups excluding carboxylic acids is 2. The van der Waals surface area contributed by atoms with E-state index in [1.165, 1.54) is 17.2 Å². The number of nitrogens with zero attached hydrogens (tertiary/aromatic N) is 3. The maximum atomic E-state index is 12.8. The van der Waals surface area contributed by atoms with Crippen molar-refractivity contribution in [3.63, 3.8) is 0 Å². The molecule has 2 heterocycles. The molecule has 26 heavy (non-hydrogen) atoms. The molecule has 1 N–H and O–H groups in total. The number of hydrogen-bond donors (Lipinski definition) is 1. The maximum absolute atomic E-state index is 12.8. The van der Waals surface area contributed by atoms with Gasteiger partial charge in [-0.1, -0.05) is 6.07 Å². The molecule has 9 heteroatoms. The van der Waals surface area contributed by atoms with Gasteiger partial charge in [0.15, 0.2) is 5.69 Å². The van der Waals surface area contributed by atoms with Crippen molar-refractivity contribution in [3.8, 4) is 5.69 Å². The van der Waals surface area contributed by atoms with Crippen LogP contribution in [0.2, 0.25) is 0 Å². The second-order valence-electron chi connectivity index (χ2n) is 6.47. The molecule has 0 spiro atoms. The lowest BCUT2D eigenvalue weighted by atomic mass is 9.97. The van der Waals surface area contributed by atoms with E-state index >= 15 is 0 Å². The topological polar surface area (TPSA) is 67.2 Å². The lowest BCUT2D eigenvalue weighted by Crippen LogP contribution is -2.63. The third-order valence-electron chi connectivity index (χ3n) is 4.33. The molecule has 0 atom stereocenters. The van der Waals surface area contributed by atoms with Gasteiger partial charge in [-0.25, -0.2) is 4.68 Å². The Morgan fingerprint density at radius 2 is 2.00 bits per heavy atom. The summed E-state index contributed by atoms with van der Waals surface area (Å²) < 4.78 is 39.2. The van der Waals surface area contributed by atoms with Crippen LogP contribution in [0.4, 0.5) is 13.2 Å². The number of benzene rings is 1. The summed E-state index contributed by atoms with van der Waals surface area (Å²) in [4.78, 5) is 26.3. The van der Waals surface area contributed by atoms with E-state index in [1.54, 1.807) is 32.0 Å². The molecule has 138 valence electrons. The van der Waals surface area contributed by atoms with Gasteiger partial charge < -0.3 is 10.2 Å². The van der Waals surface area contributed by atoms with E-state index in [1.807, 2.05) is 0 Å². The molecule has 1 fully saturated rings. The van der Waals surface area contributed by atoms with Crippen LogP contribution in [0.3, 0.4) is 0 Å².